The minimum atomic E-state index is -1.94. The third kappa shape index (κ3) is 7.44. The molecule has 3 nitrogen and oxygen atoms in total. The van der Waals surface area contributed by atoms with E-state index in [9.17, 15) is 4.21 Å². The van der Waals surface area contributed by atoms with E-state index in [0.717, 1.165) is 6.42 Å². The monoisotopic (exact) mass is 160 g/mol. The first-order valence-corrected chi connectivity index (χ1v) is 5.39. The second kappa shape index (κ2) is 4.29. The SMILES string of the molecule is CS(C)(=O)=NCCCC#N. The zero-order valence-corrected chi connectivity index (χ0v) is 7.15. The summed E-state index contributed by atoms with van der Waals surface area (Å²) in [6.07, 6.45) is 4.41. The van der Waals surface area contributed by atoms with Gasteiger partial charge in [0.2, 0.25) is 0 Å². The average molecular weight is 160 g/mol. The molecule has 0 atom stereocenters. The predicted octanol–water partition coefficient (Wildman–Crippen LogP) is 1.02. The van der Waals surface area contributed by atoms with Crippen LogP contribution >= 0.6 is 0 Å². The molecule has 0 heterocycles. The van der Waals surface area contributed by atoms with Gasteiger partial charge in [0.1, 0.15) is 0 Å². The van der Waals surface area contributed by atoms with E-state index in [2.05, 4.69) is 4.36 Å². The van der Waals surface area contributed by atoms with E-state index in [1.54, 1.807) is 12.5 Å². The summed E-state index contributed by atoms with van der Waals surface area (Å²) in [7, 11) is -1.94. The molecular weight excluding hydrogens is 148 g/mol. The van der Waals surface area contributed by atoms with Crippen molar-refractivity contribution < 1.29 is 4.21 Å². The van der Waals surface area contributed by atoms with E-state index in [1.807, 2.05) is 6.07 Å². The first-order chi connectivity index (χ1) is 4.56. The predicted molar refractivity (Wildman–Crippen MR) is 42.1 cm³/mol. The molecule has 0 amide bonds. The minimum absolute atomic E-state index is 0.499. The van der Waals surface area contributed by atoms with Crippen LogP contribution in [0.1, 0.15) is 12.8 Å². The fraction of sp³-hybridized carbons (Fsp3) is 0.833. The van der Waals surface area contributed by atoms with E-state index >= 15 is 0 Å². The highest BCUT2D eigenvalue weighted by molar-refractivity contribution is 7.92. The molecule has 0 bridgehead atoms. The lowest BCUT2D eigenvalue weighted by atomic mass is 10.3. The lowest BCUT2D eigenvalue weighted by Gasteiger charge is -1.92. The van der Waals surface area contributed by atoms with Crippen molar-refractivity contribution in [2.45, 2.75) is 12.8 Å². The molecule has 0 aromatic rings. The van der Waals surface area contributed by atoms with Crippen molar-refractivity contribution in [3.8, 4) is 6.07 Å². The Kier molecular flexibility index (Phi) is 4.05. The molecule has 0 aromatic heterocycles. The van der Waals surface area contributed by atoms with Gasteiger partial charge in [-0.25, -0.2) is 4.36 Å². The Labute approximate surface area is 62.2 Å². The molecule has 10 heavy (non-hydrogen) atoms. The van der Waals surface area contributed by atoms with Gasteiger partial charge in [-0.15, -0.1) is 0 Å². The van der Waals surface area contributed by atoms with Gasteiger partial charge in [-0.2, -0.15) is 5.26 Å². The molecule has 0 aliphatic rings. The van der Waals surface area contributed by atoms with Crippen molar-refractivity contribution >= 4 is 9.73 Å². The number of unbranched alkanes of at least 4 members (excludes halogenated alkanes) is 1. The Hall–Kier alpha value is -0.560. The van der Waals surface area contributed by atoms with Crippen LogP contribution in [0.25, 0.3) is 0 Å². The van der Waals surface area contributed by atoms with Crippen molar-refractivity contribution in [2.24, 2.45) is 4.36 Å². The second-order valence-corrected chi connectivity index (χ2v) is 4.92. The van der Waals surface area contributed by atoms with Crippen LogP contribution in [0.5, 0.6) is 0 Å². The quantitative estimate of drug-likeness (QED) is 0.579. The Bertz CT molecular complexity index is 225. The number of nitrogens with zero attached hydrogens (tertiary/aromatic N) is 2. The van der Waals surface area contributed by atoms with Crippen molar-refractivity contribution in [1.29, 1.82) is 5.26 Å². The topological polar surface area (TPSA) is 53.2 Å². The van der Waals surface area contributed by atoms with Gasteiger partial charge in [0, 0.05) is 35.2 Å². The lowest BCUT2D eigenvalue weighted by molar-refractivity contribution is 0.681. The van der Waals surface area contributed by atoms with Gasteiger partial charge in [-0.1, -0.05) is 0 Å². The highest BCUT2D eigenvalue weighted by Crippen LogP contribution is 1.90. The summed E-state index contributed by atoms with van der Waals surface area (Å²) in [6, 6.07) is 2.00. The highest BCUT2D eigenvalue weighted by atomic mass is 32.2. The summed E-state index contributed by atoms with van der Waals surface area (Å²) in [6.45, 7) is 0.541. The summed E-state index contributed by atoms with van der Waals surface area (Å²) < 4.78 is 14.8. The Morgan fingerprint density at radius 1 is 1.60 bits per heavy atom. The van der Waals surface area contributed by atoms with Gasteiger partial charge in [-0.05, 0) is 6.42 Å². The van der Waals surface area contributed by atoms with Crippen LogP contribution in [0.4, 0.5) is 0 Å². The van der Waals surface area contributed by atoms with Crippen LogP contribution in [-0.2, 0) is 9.73 Å². The summed E-state index contributed by atoms with van der Waals surface area (Å²) in [5.74, 6) is 0. The van der Waals surface area contributed by atoms with Crippen molar-refractivity contribution in [3.63, 3.8) is 0 Å². The van der Waals surface area contributed by atoms with Crippen LogP contribution in [0, 0.1) is 11.3 Å². The van der Waals surface area contributed by atoms with Crippen LogP contribution in [0.15, 0.2) is 4.36 Å². The van der Waals surface area contributed by atoms with Crippen molar-refractivity contribution in [2.75, 3.05) is 19.1 Å². The largest absolute Gasteiger partial charge is 0.250 e. The van der Waals surface area contributed by atoms with E-state index in [-0.39, 0.29) is 0 Å². The first kappa shape index (κ1) is 9.44. The molecule has 0 N–H and O–H groups in total. The maximum absolute atomic E-state index is 10.9. The molecule has 0 aromatic carbocycles. The molecule has 0 saturated heterocycles. The number of hydrogen-bond acceptors (Lipinski definition) is 3. The van der Waals surface area contributed by atoms with Crippen LogP contribution < -0.4 is 0 Å². The van der Waals surface area contributed by atoms with Crippen molar-refractivity contribution in [3.05, 3.63) is 0 Å². The fourth-order valence-electron chi connectivity index (χ4n) is 0.443. The molecule has 0 aliphatic heterocycles. The standard InChI is InChI=1S/C6H12N2OS/c1-10(2,9)8-6-4-3-5-7/h3-4,6H2,1-2H3. The average Bonchev–Trinajstić information content (AvgIpc) is 1.78. The molecule has 0 aliphatic carbocycles. The number of nitriles is 1. The smallest absolute Gasteiger partial charge is 0.0622 e. The summed E-state index contributed by atoms with van der Waals surface area (Å²) in [4.78, 5) is 0. The normalized spacial score (nSPS) is 10.5. The highest BCUT2D eigenvalue weighted by Gasteiger charge is 1.87. The number of rotatable bonds is 3. The van der Waals surface area contributed by atoms with E-state index < -0.39 is 9.73 Å². The zero-order chi connectivity index (χ0) is 8.04. The van der Waals surface area contributed by atoms with Gasteiger partial charge >= 0.3 is 0 Å². The third-order valence-corrected chi connectivity index (χ3v) is 1.65. The molecule has 0 saturated carbocycles. The third-order valence-electron chi connectivity index (χ3n) is 0.849. The summed E-state index contributed by atoms with van der Waals surface area (Å²) in [5, 5.41) is 8.13. The van der Waals surface area contributed by atoms with Crippen LogP contribution in [-0.4, -0.2) is 23.3 Å². The summed E-state index contributed by atoms with van der Waals surface area (Å²) in [5.41, 5.74) is 0. The zero-order valence-electron chi connectivity index (χ0n) is 6.33. The van der Waals surface area contributed by atoms with E-state index in [0.29, 0.717) is 13.0 Å². The Morgan fingerprint density at radius 3 is 2.60 bits per heavy atom. The summed E-state index contributed by atoms with van der Waals surface area (Å²) >= 11 is 0. The van der Waals surface area contributed by atoms with E-state index in [4.69, 9.17) is 5.26 Å². The van der Waals surface area contributed by atoms with Gasteiger partial charge in [0.25, 0.3) is 0 Å². The Balaban J connectivity index is 3.58. The van der Waals surface area contributed by atoms with Gasteiger partial charge in [0.05, 0.1) is 6.07 Å². The second-order valence-electron chi connectivity index (χ2n) is 2.30. The fourth-order valence-corrected chi connectivity index (χ4v) is 1.01. The first-order valence-electron chi connectivity index (χ1n) is 3.06. The minimum Gasteiger partial charge on any atom is -0.250 e. The van der Waals surface area contributed by atoms with E-state index in [1.165, 1.54) is 0 Å². The maximum atomic E-state index is 10.9. The van der Waals surface area contributed by atoms with Gasteiger partial charge < -0.3 is 0 Å². The molecule has 0 radical (unpaired) electrons. The van der Waals surface area contributed by atoms with Crippen molar-refractivity contribution in [1.82, 2.24) is 0 Å². The van der Waals surface area contributed by atoms with Gasteiger partial charge in [-0.3, -0.25) is 4.21 Å². The molecule has 58 valence electrons. The maximum Gasteiger partial charge on any atom is 0.0622 e. The Morgan fingerprint density at radius 2 is 2.20 bits per heavy atom. The molecule has 0 unspecified atom stereocenters. The molecule has 0 spiro atoms. The molecule has 0 fully saturated rings. The number of hydrogen-bond donors (Lipinski definition) is 0. The van der Waals surface area contributed by atoms with Crippen LogP contribution in [0.3, 0.4) is 0 Å². The molecule has 0 rings (SSSR count). The van der Waals surface area contributed by atoms with Gasteiger partial charge in [0.15, 0.2) is 0 Å². The lowest BCUT2D eigenvalue weighted by Crippen LogP contribution is -1.92. The molecular formula is C6H12N2OS. The van der Waals surface area contributed by atoms with Crippen LogP contribution in [0.2, 0.25) is 0 Å². The molecule has 4 heteroatoms.